The Kier molecular flexibility index (Phi) is 7.27. The second-order valence-electron chi connectivity index (χ2n) is 7.72. The maximum atomic E-state index is 12.5. The minimum absolute atomic E-state index is 0.113. The average molecular weight is 520 g/mol. The highest BCUT2D eigenvalue weighted by Gasteiger charge is 2.38. The third-order valence-electron chi connectivity index (χ3n) is 5.01. The number of aliphatic carboxylic acids is 1. The zero-order chi connectivity index (χ0) is 27.7. The number of alkyl halides is 3. The normalized spacial score (nSPS) is 11.1. The molecule has 0 unspecified atom stereocenters. The van der Waals surface area contributed by atoms with Crippen LogP contribution in [-0.4, -0.2) is 49.2 Å². The number of aromatic amines is 1. The molecular formula is C22H19F3N6O6. The topological polar surface area (TPSA) is 173 Å². The fourth-order valence-electron chi connectivity index (χ4n) is 3.51. The predicted octanol–water partition coefficient (Wildman–Crippen LogP) is 4.09. The summed E-state index contributed by atoms with van der Waals surface area (Å²) < 4.78 is 37.0. The van der Waals surface area contributed by atoms with Crippen molar-refractivity contribution in [3.8, 4) is 5.75 Å². The fraction of sp³-hybridized carbons (Fsp3) is 0.227. The Morgan fingerprint density at radius 1 is 1.14 bits per heavy atom. The molecule has 4 aromatic rings. The number of carboxylic acids is 1. The van der Waals surface area contributed by atoms with Crippen LogP contribution in [0.15, 0.2) is 29.1 Å². The van der Waals surface area contributed by atoms with Gasteiger partial charge in [-0.2, -0.15) is 13.2 Å². The third kappa shape index (κ3) is 5.71. The van der Waals surface area contributed by atoms with Gasteiger partial charge >= 0.3 is 12.1 Å². The van der Waals surface area contributed by atoms with Crippen LogP contribution in [0.2, 0.25) is 0 Å². The highest BCUT2D eigenvalue weighted by molar-refractivity contribution is 5.95. The van der Waals surface area contributed by atoms with E-state index in [1.165, 1.54) is 19.2 Å². The molecule has 0 aliphatic rings. The predicted molar refractivity (Wildman–Crippen MR) is 126 cm³/mol. The Morgan fingerprint density at radius 2 is 1.78 bits per heavy atom. The Labute approximate surface area is 205 Å². The first-order chi connectivity index (χ1) is 17.2. The average Bonchev–Trinajstić information content (AvgIpc) is 2.79. The quantitative estimate of drug-likeness (QED) is 0.263. The molecule has 0 atom stereocenters. The summed E-state index contributed by atoms with van der Waals surface area (Å²) in [5, 5.41) is 22.2. The van der Waals surface area contributed by atoms with Crippen LogP contribution >= 0.6 is 0 Å². The fourth-order valence-corrected chi connectivity index (χ4v) is 3.51. The van der Waals surface area contributed by atoms with Crippen LogP contribution in [0.4, 0.5) is 30.8 Å². The lowest BCUT2D eigenvalue weighted by molar-refractivity contribution is -0.383. The number of nitro groups is 1. The van der Waals surface area contributed by atoms with Crippen molar-refractivity contribution in [3.63, 3.8) is 0 Å². The van der Waals surface area contributed by atoms with E-state index < -0.39 is 17.1 Å². The first-order valence-corrected chi connectivity index (χ1v) is 10.3. The van der Waals surface area contributed by atoms with Gasteiger partial charge in [0.1, 0.15) is 16.7 Å². The van der Waals surface area contributed by atoms with Gasteiger partial charge in [-0.05, 0) is 44.0 Å². The lowest BCUT2D eigenvalue weighted by Crippen LogP contribution is -2.21. The molecule has 0 aliphatic carbocycles. The number of benzene rings is 2. The van der Waals surface area contributed by atoms with Crippen LogP contribution in [0, 0.1) is 30.9 Å². The Hall–Kier alpha value is -4.82. The van der Waals surface area contributed by atoms with Crippen LogP contribution < -0.4 is 15.6 Å². The molecule has 0 spiro atoms. The standard InChI is InChI=1S/C20H18N6O4.C2HF3O2/c1-9-7-10(2)16-12(8-9)18(27)24-20(22-16)25-19-21-11(3)15-13(26(28)29)5-6-14(30-4)17(15)23-19;3-2(4,5)1(6)7/h5-8H,1-4H3,(H2,21,22,23,24,25,27);(H,6,7). The Bertz CT molecular complexity index is 1600. The van der Waals surface area contributed by atoms with Gasteiger partial charge < -0.3 is 9.84 Å². The van der Waals surface area contributed by atoms with Crippen molar-refractivity contribution in [2.24, 2.45) is 0 Å². The Morgan fingerprint density at radius 3 is 2.35 bits per heavy atom. The van der Waals surface area contributed by atoms with Crippen LogP contribution in [-0.2, 0) is 4.79 Å². The van der Waals surface area contributed by atoms with E-state index >= 15 is 0 Å². The van der Waals surface area contributed by atoms with Crippen LogP contribution in [0.1, 0.15) is 16.8 Å². The monoisotopic (exact) mass is 520 g/mol. The van der Waals surface area contributed by atoms with E-state index in [-0.39, 0.29) is 34.0 Å². The molecule has 0 fully saturated rings. The summed E-state index contributed by atoms with van der Waals surface area (Å²) in [5.74, 6) is -2.09. The van der Waals surface area contributed by atoms with Gasteiger partial charge in [0.05, 0.1) is 28.6 Å². The number of aryl methyl sites for hydroxylation is 3. The number of nitrogens with zero attached hydrogens (tertiary/aromatic N) is 4. The van der Waals surface area contributed by atoms with E-state index in [4.69, 9.17) is 14.6 Å². The second kappa shape index (κ2) is 10.0. The molecule has 0 radical (unpaired) electrons. The van der Waals surface area contributed by atoms with Crippen molar-refractivity contribution in [1.82, 2.24) is 19.9 Å². The lowest BCUT2D eigenvalue weighted by atomic mass is 10.1. The lowest BCUT2D eigenvalue weighted by Gasteiger charge is -2.11. The minimum Gasteiger partial charge on any atom is -0.494 e. The number of hydrogen-bond acceptors (Lipinski definition) is 9. The van der Waals surface area contributed by atoms with Crippen molar-refractivity contribution < 1.29 is 32.7 Å². The number of ether oxygens (including phenoxy) is 1. The molecule has 0 bridgehead atoms. The molecule has 0 saturated heterocycles. The smallest absolute Gasteiger partial charge is 0.490 e. The summed E-state index contributed by atoms with van der Waals surface area (Å²) in [6.07, 6.45) is -5.08. The van der Waals surface area contributed by atoms with Crippen LogP contribution in [0.5, 0.6) is 5.75 Å². The molecule has 3 N–H and O–H groups in total. The molecule has 0 aliphatic heterocycles. The number of hydrogen-bond donors (Lipinski definition) is 3. The largest absolute Gasteiger partial charge is 0.494 e. The summed E-state index contributed by atoms with van der Waals surface area (Å²) in [7, 11) is 1.46. The SMILES string of the molecule is COc1ccc([N+](=O)[O-])c2c(C)nc(Nc3nc4c(C)cc(C)cc4c(=O)[nH]3)nc12.O=C(O)C(F)(F)F. The number of fused-ring (bicyclic) bond motifs is 2. The first kappa shape index (κ1) is 26.8. The molecule has 0 saturated carbocycles. The number of carbonyl (C=O) groups is 1. The van der Waals surface area contributed by atoms with Crippen molar-refractivity contribution in [3.05, 3.63) is 61.6 Å². The zero-order valence-electron chi connectivity index (χ0n) is 19.7. The number of non-ortho nitro benzene ring substituents is 1. The van der Waals surface area contributed by atoms with Crippen molar-refractivity contribution in [1.29, 1.82) is 0 Å². The highest BCUT2D eigenvalue weighted by Crippen LogP contribution is 2.34. The summed E-state index contributed by atoms with van der Waals surface area (Å²) in [4.78, 5) is 48.2. The van der Waals surface area contributed by atoms with Crippen LogP contribution in [0.3, 0.4) is 0 Å². The summed E-state index contributed by atoms with van der Waals surface area (Å²) in [6, 6.07) is 6.56. The van der Waals surface area contributed by atoms with Gasteiger partial charge in [0.2, 0.25) is 11.9 Å². The second-order valence-corrected chi connectivity index (χ2v) is 7.72. The van der Waals surface area contributed by atoms with Gasteiger partial charge in [0.25, 0.3) is 11.2 Å². The number of H-pyrrole nitrogens is 1. The number of rotatable bonds is 4. The van der Waals surface area contributed by atoms with Gasteiger partial charge in [0.15, 0.2) is 0 Å². The van der Waals surface area contributed by atoms with E-state index in [1.807, 2.05) is 19.9 Å². The van der Waals surface area contributed by atoms with Crippen LogP contribution in [0.25, 0.3) is 21.8 Å². The molecule has 2 heterocycles. The van der Waals surface area contributed by atoms with E-state index in [0.717, 1.165) is 11.1 Å². The summed E-state index contributed by atoms with van der Waals surface area (Å²) >= 11 is 0. The number of nitro benzene ring substituents is 1. The van der Waals surface area contributed by atoms with E-state index in [2.05, 4.69) is 25.3 Å². The summed E-state index contributed by atoms with van der Waals surface area (Å²) in [6.45, 7) is 5.44. The van der Waals surface area contributed by atoms with E-state index in [9.17, 15) is 28.1 Å². The molecule has 0 amide bonds. The number of halogens is 3. The summed E-state index contributed by atoms with van der Waals surface area (Å²) in [5.41, 5.74) is 2.68. The maximum Gasteiger partial charge on any atom is 0.490 e. The molecule has 37 heavy (non-hydrogen) atoms. The number of nitrogens with one attached hydrogen (secondary N) is 2. The number of carboxylic acid groups (broad SMARTS) is 1. The van der Waals surface area contributed by atoms with E-state index in [0.29, 0.717) is 22.3 Å². The number of methoxy groups -OCH3 is 1. The number of anilines is 2. The molecule has 2 aromatic heterocycles. The molecular weight excluding hydrogens is 501 g/mol. The van der Waals surface area contributed by atoms with E-state index in [1.54, 1.807) is 13.0 Å². The van der Waals surface area contributed by atoms with Gasteiger partial charge in [-0.15, -0.1) is 0 Å². The van der Waals surface area contributed by atoms with Crippen molar-refractivity contribution in [2.75, 3.05) is 12.4 Å². The maximum absolute atomic E-state index is 12.5. The van der Waals surface area contributed by atoms with Gasteiger partial charge in [-0.25, -0.2) is 19.7 Å². The highest BCUT2D eigenvalue weighted by atomic mass is 19.4. The molecule has 12 nitrogen and oxygen atoms in total. The number of aromatic nitrogens is 4. The molecule has 15 heteroatoms. The van der Waals surface area contributed by atoms with Crippen molar-refractivity contribution in [2.45, 2.75) is 26.9 Å². The molecule has 2 aromatic carbocycles. The third-order valence-corrected chi connectivity index (χ3v) is 5.01. The van der Waals surface area contributed by atoms with Gasteiger partial charge in [0, 0.05) is 6.07 Å². The minimum atomic E-state index is -5.08. The zero-order valence-corrected chi connectivity index (χ0v) is 19.7. The van der Waals surface area contributed by atoms with Gasteiger partial charge in [-0.1, -0.05) is 6.07 Å². The first-order valence-electron chi connectivity index (χ1n) is 10.3. The van der Waals surface area contributed by atoms with Gasteiger partial charge in [-0.3, -0.25) is 25.2 Å². The van der Waals surface area contributed by atoms with Crippen molar-refractivity contribution >= 4 is 45.4 Å². The molecule has 4 rings (SSSR count). The molecule has 194 valence electrons. The Balaban J connectivity index is 0.000000479.